The summed E-state index contributed by atoms with van der Waals surface area (Å²) in [6, 6.07) is 14.5. The van der Waals surface area contributed by atoms with Gasteiger partial charge in [-0.15, -0.1) is 0 Å². The Morgan fingerprint density at radius 3 is 2.58 bits per heavy atom. The number of amides is 2. The van der Waals surface area contributed by atoms with Crippen molar-refractivity contribution in [3.8, 4) is 0 Å². The van der Waals surface area contributed by atoms with Gasteiger partial charge in [0.15, 0.2) is 0 Å². The van der Waals surface area contributed by atoms with Crippen molar-refractivity contribution in [3.05, 3.63) is 77.0 Å². The third-order valence-corrected chi connectivity index (χ3v) is 4.51. The molecule has 1 atom stereocenters. The maximum Gasteiger partial charge on any atom is 0.253 e. The fourth-order valence-electron chi connectivity index (χ4n) is 2.83. The summed E-state index contributed by atoms with van der Waals surface area (Å²) < 4.78 is 0. The summed E-state index contributed by atoms with van der Waals surface area (Å²) >= 11 is 0. The van der Waals surface area contributed by atoms with Crippen LogP contribution in [0.1, 0.15) is 27.0 Å². The highest BCUT2D eigenvalue weighted by Gasteiger charge is 2.20. The third-order valence-electron chi connectivity index (χ3n) is 4.51. The lowest BCUT2D eigenvalue weighted by Gasteiger charge is -2.16. The van der Waals surface area contributed by atoms with Gasteiger partial charge >= 0.3 is 0 Å². The standard InChI is InChI=1S/C21H21N3O2/c1-13-7-8-15(9-14(13)2)10-19(20(22)25)24-21(26)17-11-16-5-3-4-6-18(16)23-12-17/h3-9,11-12,19H,10H2,1-2H3,(H2,22,25)(H,24,26)/t19-/m0/s1. The molecule has 0 aliphatic heterocycles. The van der Waals surface area contributed by atoms with Crippen molar-refractivity contribution < 1.29 is 9.59 Å². The number of nitrogens with zero attached hydrogens (tertiary/aromatic N) is 1. The number of hydrogen-bond acceptors (Lipinski definition) is 3. The molecule has 26 heavy (non-hydrogen) atoms. The molecule has 0 saturated heterocycles. The SMILES string of the molecule is Cc1ccc(C[C@H](NC(=O)c2cnc3ccccc3c2)C(N)=O)cc1C. The van der Waals surface area contributed by atoms with Crippen LogP contribution in [-0.4, -0.2) is 22.8 Å². The predicted octanol–water partition coefficient (Wildman–Crippen LogP) is 2.68. The van der Waals surface area contributed by atoms with E-state index in [1.807, 2.05) is 56.3 Å². The van der Waals surface area contributed by atoms with Crippen LogP contribution in [-0.2, 0) is 11.2 Å². The van der Waals surface area contributed by atoms with Gasteiger partial charge in [0.25, 0.3) is 5.91 Å². The van der Waals surface area contributed by atoms with E-state index in [1.54, 1.807) is 6.07 Å². The van der Waals surface area contributed by atoms with Crippen LogP contribution in [0.5, 0.6) is 0 Å². The van der Waals surface area contributed by atoms with Crippen LogP contribution in [0.15, 0.2) is 54.7 Å². The minimum absolute atomic E-state index is 0.350. The Kier molecular flexibility index (Phi) is 4.98. The number of nitrogens with one attached hydrogen (secondary N) is 1. The summed E-state index contributed by atoms with van der Waals surface area (Å²) in [5.41, 5.74) is 9.97. The van der Waals surface area contributed by atoms with Crippen molar-refractivity contribution in [2.24, 2.45) is 5.73 Å². The third kappa shape index (κ3) is 3.88. The second-order valence-electron chi connectivity index (χ2n) is 6.47. The number of carbonyl (C=O) groups is 2. The van der Waals surface area contributed by atoms with Crippen molar-refractivity contribution in [3.63, 3.8) is 0 Å². The van der Waals surface area contributed by atoms with Crippen LogP contribution in [0.25, 0.3) is 10.9 Å². The van der Waals surface area contributed by atoms with Crippen molar-refractivity contribution >= 4 is 22.7 Å². The summed E-state index contributed by atoms with van der Waals surface area (Å²) in [6.45, 7) is 4.04. The zero-order chi connectivity index (χ0) is 18.7. The van der Waals surface area contributed by atoms with Gasteiger partial charge in [-0.3, -0.25) is 14.6 Å². The smallest absolute Gasteiger partial charge is 0.253 e. The van der Waals surface area contributed by atoms with E-state index in [2.05, 4.69) is 10.3 Å². The molecule has 0 aliphatic carbocycles. The lowest BCUT2D eigenvalue weighted by atomic mass is 10.0. The molecule has 0 saturated carbocycles. The van der Waals surface area contributed by atoms with Gasteiger partial charge in [0.1, 0.15) is 6.04 Å². The largest absolute Gasteiger partial charge is 0.368 e. The maximum atomic E-state index is 12.6. The summed E-state index contributed by atoms with van der Waals surface area (Å²) in [5, 5.41) is 3.59. The average molecular weight is 347 g/mol. The number of benzene rings is 2. The van der Waals surface area contributed by atoms with E-state index in [9.17, 15) is 9.59 Å². The van der Waals surface area contributed by atoms with Crippen molar-refractivity contribution in [1.29, 1.82) is 0 Å². The summed E-state index contributed by atoms with van der Waals surface area (Å²) in [4.78, 5) is 28.7. The Balaban J connectivity index is 1.78. The number of aromatic nitrogens is 1. The van der Waals surface area contributed by atoms with E-state index in [4.69, 9.17) is 5.73 Å². The molecule has 3 aromatic rings. The van der Waals surface area contributed by atoms with Gasteiger partial charge in [-0.25, -0.2) is 0 Å². The Labute approximate surface area is 152 Å². The number of carbonyl (C=O) groups excluding carboxylic acids is 2. The van der Waals surface area contributed by atoms with Crippen molar-refractivity contribution in [2.45, 2.75) is 26.3 Å². The molecule has 3 N–H and O–H groups in total. The highest BCUT2D eigenvalue weighted by atomic mass is 16.2. The molecule has 3 rings (SSSR count). The topological polar surface area (TPSA) is 85.1 Å². The molecule has 1 heterocycles. The van der Waals surface area contributed by atoms with E-state index in [-0.39, 0.29) is 5.91 Å². The molecule has 0 bridgehead atoms. The fourth-order valence-corrected chi connectivity index (χ4v) is 2.83. The Hall–Kier alpha value is -3.21. The molecule has 0 aliphatic rings. The van der Waals surface area contributed by atoms with Gasteiger partial charge in [-0.05, 0) is 42.7 Å². The molecule has 0 fully saturated rings. The summed E-state index contributed by atoms with van der Waals surface area (Å²) in [7, 11) is 0. The Bertz CT molecular complexity index is 982. The number of para-hydroxylation sites is 1. The zero-order valence-corrected chi connectivity index (χ0v) is 14.8. The van der Waals surface area contributed by atoms with Crippen LogP contribution in [0.4, 0.5) is 0 Å². The minimum Gasteiger partial charge on any atom is -0.368 e. The van der Waals surface area contributed by atoms with E-state index >= 15 is 0 Å². The second-order valence-corrected chi connectivity index (χ2v) is 6.47. The molecular formula is C21H21N3O2. The van der Waals surface area contributed by atoms with Crippen LogP contribution >= 0.6 is 0 Å². The molecule has 5 nitrogen and oxygen atoms in total. The van der Waals surface area contributed by atoms with Gasteiger partial charge in [-0.2, -0.15) is 0 Å². The molecular weight excluding hydrogens is 326 g/mol. The minimum atomic E-state index is -0.781. The van der Waals surface area contributed by atoms with Crippen LogP contribution in [0, 0.1) is 13.8 Å². The van der Waals surface area contributed by atoms with Crippen LogP contribution < -0.4 is 11.1 Å². The molecule has 132 valence electrons. The second kappa shape index (κ2) is 7.35. The van der Waals surface area contributed by atoms with Crippen molar-refractivity contribution in [1.82, 2.24) is 10.3 Å². The van der Waals surface area contributed by atoms with Gasteiger partial charge < -0.3 is 11.1 Å². The zero-order valence-electron chi connectivity index (χ0n) is 14.8. The fraction of sp³-hybridized carbons (Fsp3) is 0.190. The number of primary amides is 1. The number of hydrogen-bond donors (Lipinski definition) is 2. The Morgan fingerprint density at radius 1 is 1.08 bits per heavy atom. The molecule has 1 aromatic heterocycles. The summed E-state index contributed by atoms with van der Waals surface area (Å²) in [5.74, 6) is -0.929. The molecule has 0 unspecified atom stereocenters. The number of nitrogens with two attached hydrogens (primary N) is 1. The molecule has 0 spiro atoms. The first-order valence-corrected chi connectivity index (χ1v) is 8.45. The van der Waals surface area contributed by atoms with Crippen LogP contribution in [0.3, 0.4) is 0 Å². The van der Waals surface area contributed by atoms with E-state index in [0.717, 1.165) is 22.0 Å². The number of pyridine rings is 1. The summed E-state index contributed by atoms with van der Waals surface area (Å²) in [6.07, 6.45) is 1.86. The highest BCUT2D eigenvalue weighted by molar-refractivity contribution is 5.99. The monoisotopic (exact) mass is 347 g/mol. The maximum absolute atomic E-state index is 12.6. The van der Waals surface area contributed by atoms with Gasteiger partial charge in [0.05, 0.1) is 11.1 Å². The lowest BCUT2D eigenvalue weighted by Crippen LogP contribution is -2.45. The van der Waals surface area contributed by atoms with E-state index < -0.39 is 11.9 Å². The van der Waals surface area contributed by atoms with Gasteiger partial charge in [0.2, 0.25) is 5.91 Å². The molecule has 2 amide bonds. The first-order valence-electron chi connectivity index (χ1n) is 8.45. The first kappa shape index (κ1) is 17.6. The average Bonchev–Trinajstić information content (AvgIpc) is 2.63. The quantitative estimate of drug-likeness (QED) is 0.744. The van der Waals surface area contributed by atoms with Crippen LogP contribution in [0.2, 0.25) is 0 Å². The highest BCUT2D eigenvalue weighted by Crippen LogP contribution is 2.14. The van der Waals surface area contributed by atoms with E-state index in [1.165, 1.54) is 11.8 Å². The van der Waals surface area contributed by atoms with Crippen molar-refractivity contribution in [2.75, 3.05) is 0 Å². The normalized spacial score (nSPS) is 11.9. The Morgan fingerprint density at radius 2 is 1.85 bits per heavy atom. The van der Waals surface area contributed by atoms with E-state index in [0.29, 0.717) is 12.0 Å². The first-order chi connectivity index (χ1) is 12.4. The molecule has 0 radical (unpaired) electrons. The molecule has 5 heteroatoms. The number of rotatable bonds is 5. The molecule has 2 aromatic carbocycles. The van der Waals surface area contributed by atoms with Gasteiger partial charge in [0, 0.05) is 18.0 Å². The van der Waals surface area contributed by atoms with Gasteiger partial charge in [-0.1, -0.05) is 36.4 Å². The number of fused-ring (bicyclic) bond motifs is 1. The lowest BCUT2D eigenvalue weighted by molar-refractivity contribution is -0.119. The predicted molar refractivity (Wildman–Crippen MR) is 102 cm³/mol. The number of aryl methyl sites for hydroxylation is 2.